The SMILES string of the molecule is [2H]C1C([2H])C2(CO[Si](C)(C)C(C)(C)C)OC1(CO[Si](C)(C)C(C)(C)C)CC([2H])(c1ccc(N)c(C3=CCC(C)(C)CC3)c1)C2[2H]. The molecule has 2 heterocycles. The summed E-state index contributed by atoms with van der Waals surface area (Å²) in [5, 5.41) is -0.136. The van der Waals surface area contributed by atoms with Crippen LogP contribution in [0, 0.1) is 5.41 Å². The number of nitrogen functional groups attached to an aromatic ring is 1. The van der Waals surface area contributed by atoms with E-state index in [0.29, 0.717) is 11.3 Å². The molecule has 6 unspecified atom stereocenters. The molecule has 2 bridgehead atoms. The molecular weight excluding hydrogens is 539 g/mol. The van der Waals surface area contributed by atoms with Gasteiger partial charge in [0.05, 0.1) is 24.4 Å². The first-order valence-electron chi connectivity index (χ1n) is 17.8. The van der Waals surface area contributed by atoms with Gasteiger partial charge in [-0.3, -0.25) is 0 Å². The topological polar surface area (TPSA) is 53.7 Å². The molecule has 6 heteroatoms. The first-order chi connectivity index (χ1) is 20.2. The molecule has 41 heavy (non-hydrogen) atoms. The van der Waals surface area contributed by atoms with Crippen molar-refractivity contribution < 1.29 is 19.1 Å². The molecule has 4 nitrogen and oxygen atoms in total. The van der Waals surface area contributed by atoms with E-state index in [4.69, 9.17) is 19.3 Å². The Morgan fingerprint density at radius 2 is 1.54 bits per heavy atom. The minimum absolute atomic E-state index is 0.0196. The van der Waals surface area contributed by atoms with Crippen molar-refractivity contribution in [2.45, 2.75) is 154 Å². The summed E-state index contributed by atoms with van der Waals surface area (Å²) in [5.74, 6) is -1.46. The fourth-order valence-electron chi connectivity index (χ4n) is 5.40. The Balaban J connectivity index is 1.83. The highest BCUT2D eigenvalue weighted by molar-refractivity contribution is 6.74. The first-order valence-corrected chi connectivity index (χ1v) is 21.4. The smallest absolute Gasteiger partial charge is 0.192 e. The van der Waals surface area contributed by atoms with Crippen molar-refractivity contribution in [2.75, 3.05) is 18.9 Å². The van der Waals surface area contributed by atoms with Crippen LogP contribution in [0.15, 0.2) is 24.3 Å². The second-order valence-electron chi connectivity index (χ2n) is 16.8. The molecule has 1 aliphatic carbocycles. The second-order valence-corrected chi connectivity index (χ2v) is 26.4. The van der Waals surface area contributed by atoms with Gasteiger partial charge in [-0.25, -0.2) is 0 Å². The van der Waals surface area contributed by atoms with E-state index < -0.39 is 52.9 Å². The molecule has 0 spiro atoms. The quantitative estimate of drug-likeness (QED) is 0.237. The zero-order valence-corrected chi connectivity index (χ0v) is 30.1. The molecule has 2 saturated heterocycles. The number of benzene rings is 1. The lowest BCUT2D eigenvalue weighted by Gasteiger charge is -2.47. The third kappa shape index (κ3) is 7.08. The van der Waals surface area contributed by atoms with Gasteiger partial charge in [-0.2, -0.15) is 0 Å². The van der Waals surface area contributed by atoms with Crippen LogP contribution in [0.4, 0.5) is 5.69 Å². The zero-order chi connectivity index (χ0) is 34.2. The largest absolute Gasteiger partial charge is 0.414 e. The van der Waals surface area contributed by atoms with Crippen molar-refractivity contribution in [3.8, 4) is 0 Å². The van der Waals surface area contributed by atoms with Crippen LogP contribution in [-0.4, -0.2) is 41.1 Å². The highest BCUT2D eigenvalue weighted by Crippen LogP contribution is 2.55. The van der Waals surface area contributed by atoms with Crippen LogP contribution < -0.4 is 5.73 Å². The summed E-state index contributed by atoms with van der Waals surface area (Å²) in [4.78, 5) is 0. The van der Waals surface area contributed by atoms with Gasteiger partial charge in [-0.05, 0) is 116 Å². The molecule has 2 N–H and O–H groups in total. The van der Waals surface area contributed by atoms with Gasteiger partial charge in [0.1, 0.15) is 0 Å². The Labute approximate surface area is 260 Å². The maximum absolute atomic E-state index is 10.2. The number of fused-ring (bicyclic) bond motifs is 2. The van der Waals surface area contributed by atoms with Gasteiger partial charge in [-0.15, -0.1) is 0 Å². The van der Waals surface area contributed by atoms with Gasteiger partial charge in [-0.1, -0.05) is 67.5 Å². The van der Waals surface area contributed by atoms with Crippen LogP contribution in [0.1, 0.15) is 123 Å². The molecule has 0 radical (unpaired) electrons. The van der Waals surface area contributed by atoms with E-state index in [2.05, 4.69) is 87.7 Å². The lowest BCUT2D eigenvalue weighted by atomic mass is 9.75. The first kappa shape index (κ1) is 27.6. The number of ether oxygens (including phenoxy) is 1. The Morgan fingerprint density at radius 3 is 2.07 bits per heavy atom. The van der Waals surface area contributed by atoms with Gasteiger partial charge < -0.3 is 19.3 Å². The van der Waals surface area contributed by atoms with Crippen LogP contribution in [0.2, 0.25) is 36.3 Å². The Hall–Kier alpha value is -0.926. The molecule has 1 aromatic rings. The Bertz CT molecular complexity index is 1310. The van der Waals surface area contributed by atoms with E-state index in [0.717, 1.165) is 24.8 Å². The van der Waals surface area contributed by atoms with Gasteiger partial charge in [0.15, 0.2) is 16.6 Å². The lowest BCUT2D eigenvalue weighted by Crippen LogP contribution is -2.53. The normalized spacial score (nSPS) is 37.6. The lowest BCUT2D eigenvalue weighted by molar-refractivity contribution is -0.173. The van der Waals surface area contributed by atoms with Gasteiger partial charge in [0, 0.05) is 16.7 Å². The minimum atomic E-state index is -2.31. The molecule has 2 fully saturated rings. The zero-order valence-electron chi connectivity index (χ0n) is 32.1. The molecule has 3 aliphatic rings. The predicted molar refractivity (Wildman–Crippen MR) is 181 cm³/mol. The van der Waals surface area contributed by atoms with Crippen LogP contribution in [0.25, 0.3) is 5.57 Å². The van der Waals surface area contributed by atoms with E-state index in [1.54, 1.807) is 0 Å². The summed E-state index contributed by atoms with van der Waals surface area (Å²) >= 11 is 0. The third-order valence-electron chi connectivity index (χ3n) is 10.7. The van der Waals surface area contributed by atoms with Crippen molar-refractivity contribution in [3.05, 3.63) is 35.4 Å². The summed E-state index contributed by atoms with van der Waals surface area (Å²) in [5.41, 5.74) is 7.64. The third-order valence-corrected chi connectivity index (χ3v) is 19.6. The summed E-state index contributed by atoms with van der Waals surface area (Å²) in [6.07, 6.45) is 2.13. The van der Waals surface area contributed by atoms with E-state index in [1.807, 2.05) is 18.2 Å². The van der Waals surface area contributed by atoms with E-state index in [1.165, 1.54) is 5.57 Å². The van der Waals surface area contributed by atoms with Crippen molar-refractivity contribution in [2.24, 2.45) is 5.41 Å². The van der Waals surface area contributed by atoms with Gasteiger partial charge in [0.25, 0.3) is 0 Å². The Kier molecular flexibility index (Phi) is 7.34. The van der Waals surface area contributed by atoms with Crippen molar-refractivity contribution in [1.29, 1.82) is 0 Å². The fraction of sp³-hybridized carbons (Fsp3) is 0.771. The number of hydrogen-bond donors (Lipinski definition) is 1. The van der Waals surface area contributed by atoms with E-state index in [-0.39, 0.29) is 35.1 Å². The second kappa shape index (κ2) is 10.9. The molecule has 0 amide bonds. The van der Waals surface area contributed by atoms with Gasteiger partial charge >= 0.3 is 0 Å². The standard InChI is InChI=1S/C35H61NO3Si2/c1-31(2,3)40(9,10)37-24-34-19-20-35(39-34,25-38-41(11,12)32(4,5)6)23-28(22-34)27-13-14-30(36)29(21-27)26-15-17-33(7,8)18-16-26/h13-15,21,28H,16-20,22-25,36H2,1-12H3/i19D,20D,22D,28D. The van der Waals surface area contributed by atoms with Crippen molar-refractivity contribution in [1.82, 2.24) is 0 Å². The number of hydrogen-bond acceptors (Lipinski definition) is 4. The molecule has 1 aromatic carbocycles. The predicted octanol–water partition coefficient (Wildman–Crippen LogP) is 10.1. The molecular formula is C35H61NO3Si2. The van der Waals surface area contributed by atoms with Crippen molar-refractivity contribution >= 4 is 27.9 Å². The average molecular weight is 604 g/mol. The molecule has 4 rings (SSSR count). The van der Waals surface area contributed by atoms with Crippen LogP contribution in [-0.2, 0) is 13.6 Å². The van der Waals surface area contributed by atoms with E-state index >= 15 is 0 Å². The highest BCUT2D eigenvalue weighted by atomic mass is 28.4. The maximum atomic E-state index is 10.2. The minimum Gasteiger partial charge on any atom is -0.414 e. The highest BCUT2D eigenvalue weighted by Gasteiger charge is 2.57. The van der Waals surface area contributed by atoms with Crippen LogP contribution in [0.3, 0.4) is 0 Å². The molecule has 2 aliphatic heterocycles. The summed E-state index contributed by atoms with van der Waals surface area (Å²) in [6.45, 7) is 26.4. The number of allylic oxidation sites excluding steroid dienone is 2. The summed E-state index contributed by atoms with van der Waals surface area (Å²) in [6, 6.07) is 5.77. The average Bonchev–Trinajstić information content (AvgIpc) is 3.09. The summed E-state index contributed by atoms with van der Waals surface area (Å²) in [7, 11) is -4.56. The number of rotatable bonds is 8. The number of anilines is 1. The molecule has 232 valence electrons. The molecule has 0 aromatic heterocycles. The maximum Gasteiger partial charge on any atom is 0.192 e. The fourth-order valence-corrected chi connectivity index (χ4v) is 7.46. The van der Waals surface area contributed by atoms with Crippen LogP contribution in [0.5, 0.6) is 0 Å². The van der Waals surface area contributed by atoms with Crippen molar-refractivity contribution in [3.63, 3.8) is 0 Å². The molecule has 0 saturated carbocycles. The van der Waals surface area contributed by atoms with E-state index in [9.17, 15) is 5.48 Å². The summed E-state index contributed by atoms with van der Waals surface area (Å²) < 4.78 is 59.2. The number of nitrogens with two attached hydrogens (primary N) is 1. The monoisotopic (exact) mass is 603 g/mol. The Morgan fingerprint density at radius 1 is 0.976 bits per heavy atom. The van der Waals surface area contributed by atoms with Gasteiger partial charge in [0.2, 0.25) is 0 Å². The molecule has 6 atom stereocenters. The van der Waals surface area contributed by atoms with Crippen LogP contribution >= 0.6 is 0 Å².